The van der Waals surface area contributed by atoms with Crippen molar-refractivity contribution in [3.63, 3.8) is 0 Å². The molecule has 0 aromatic heterocycles. The second-order valence-corrected chi connectivity index (χ2v) is 6.02. The van der Waals surface area contributed by atoms with Crippen LogP contribution < -0.4 is 5.32 Å². The van der Waals surface area contributed by atoms with Gasteiger partial charge in [-0.2, -0.15) is 0 Å². The zero-order chi connectivity index (χ0) is 16.7. The number of rotatable bonds is 3. The smallest absolute Gasteiger partial charge is 0.337 e. The van der Waals surface area contributed by atoms with E-state index in [0.717, 1.165) is 12.8 Å². The van der Waals surface area contributed by atoms with E-state index in [1.54, 1.807) is 6.92 Å². The van der Waals surface area contributed by atoms with Crippen molar-refractivity contribution in [2.24, 2.45) is 0 Å². The Bertz CT molecular complexity index is 695. The molecule has 0 saturated heterocycles. The summed E-state index contributed by atoms with van der Waals surface area (Å²) < 4.78 is 19.1. The highest BCUT2D eigenvalue weighted by molar-refractivity contribution is 6.31. The summed E-state index contributed by atoms with van der Waals surface area (Å²) in [5.41, 5.74) is 0.746. The number of allylic oxidation sites excluding steroid dienone is 1. The predicted octanol–water partition coefficient (Wildman–Crippen LogP) is 3.15. The molecule has 0 spiro atoms. The lowest BCUT2D eigenvalue weighted by Gasteiger charge is -2.35. The Morgan fingerprint density at radius 1 is 1.43 bits per heavy atom. The van der Waals surface area contributed by atoms with Crippen molar-refractivity contribution in [3.8, 4) is 0 Å². The topological polar surface area (TPSA) is 58.6 Å². The monoisotopic (exact) mass is 338 g/mol. The van der Waals surface area contributed by atoms with Crippen molar-refractivity contribution >= 4 is 23.6 Å². The Kier molecular flexibility index (Phi) is 4.02. The van der Waals surface area contributed by atoms with Crippen molar-refractivity contribution < 1.29 is 18.7 Å². The molecule has 1 saturated carbocycles. The Morgan fingerprint density at radius 3 is 2.70 bits per heavy atom. The molecule has 23 heavy (non-hydrogen) atoms. The van der Waals surface area contributed by atoms with Crippen LogP contribution in [0.3, 0.4) is 0 Å². The Labute approximate surface area is 138 Å². The van der Waals surface area contributed by atoms with Gasteiger partial charge < -0.3 is 10.1 Å². The number of carbonyl (C=O) groups is 2. The fraction of sp³-hybridized carbons (Fsp3) is 0.375. The molecule has 1 N–H and O–H groups in total. The number of carbonyl (C=O) groups excluding carboxylic acids is 2. The summed E-state index contributed by atoms with van der Waals surface area (Å²) in [5, 5.41) is 2.83. The van der Waals surface area contributed by atoms with Crippen LogP contribution in [-0.2, 0) is 9.53 Å². The van der Waals surface area contributed by atoms with Gasteiger partial charge in [-0.15, -0.1) is 0 Å². The number of methoxy groups -OCH3 is 1. The van der Waals surface area contributed by atoms with Crippen LogP contribution in [0.25, 0.3) is 0 Å². The summed E-state index contributed by atoms with van der Waals surface area (Å²) in [5.74, 6) is -1.20. The molecule has 1 unspecified atom stereocenters. The maximum atomic E-state index is 14.3. The van der Waals surface area contributed by atoms with E-state index in [2.05, 4.69) is 5.32 Å². The van der Waals surface area contributed by atoms with Crippen molar-refractivity contribution in [1.82, 2.24) is 10.2 Å². The van der Waals surface area contributed by atoms with Gasteiger partial charge in [-0.3, -0.25) is 4.90 Å². The number of benzene rings is 1. The van der Waals surface area contributed by atoms with Gasteiger partial charge in [0.2, 0.25) is 0 Å². The highest BCUT2D eigenvalue weighted by atomic mass is 35.5. The molecule has 1 aromatic rings. The summed E-state index contributed by atoms with van der Waals surface area (Å²) in [4.78, 5) is 26.2. The third-order valence-corrected chi connectivity index (χ3v) is 4.46. The second-order valence-electron chi connectivity index (χ2n) is 5.61. The molecule has 1 fully saturated rings. The van der Waals surface area contributed by atoms with Crippen LogP contribution in [-0.4, -0.2) is 30.1 Å². The molecule has 7 heteroatoms. The Hall–Kier alpha value is -2.08. The SMILES string of the molecule is COC(=O)C1=C(C)N(C2CC2)C(=O)NC1c1c(F)cccc1Cl. The minimum atomic E-state index is -0.973. The second kappa shape index (κ2) is 5.85. The van der Waals surface area contributed by atoms with Gasteiger partial charge in [-0.25, -0.2) is 14.0 Å². The van der Waals surface area contributed by atoms with Gasteiger partial charge in [0.15, 0.2) is 0 Å². The lowest BCUT2D eigenvalue weighted by Crippen LogP contribution is -2.49. The number of urea groups is 1. The van der Waals surface area contributed by atoms with Crippen molar-refractivity contribution in [2.75, 3.05) is 7.11 Å². The number of esters is 1. The van der Waals surface area contributed by atoms with Crippen LogP contribution in [0.1, 0.15) is 31.4 Å². The average Bonchev–Trinajstić information content (AvgIpc) is 3.31. The van der Waals surface area contributed by atoms with Crippen LogP contribution >= 0.6 is 11.6 Å². The van der Waals surface area contributed by atoms with Gasteiger partial charge in [-0.1, -0.05) is 17.7 Å². The molecule has 1 atom stereocenters. The minimum Gasteiger partial charge on any atom is -0.466 e. The zero-order valence-electron chi connectivity index (χ0n) is 12.7. The number of halogens is 2. The molecule has 1 aliphatic carbocycles. The van der Waals surface area contributed by atoms with E-state index < -0.39 is 17.8 Å². The first-order chi connectivity index (χ1) is 11.0. The minimum absolute atomic E-state index is 0.0673. The number of amides is 2. The molecule has 1 heterocycles. The van der Waals surface area contributed by atoms with E-state index in [1.165, 1.54) is 30.2 Å². The van der Waals surface area contributed by atoms with Crippen molar-refractivity contribution in [2.45, 2.75) is 31.8 Å². The zero-order valence-corrected chi connectivity index (χ0v) is 13.5. The lowest BCUT2D eigenvalue weighted by atomic mass is 9.94. The first kappa shape index (κ1) is 15.8. The molecule has 1 aliphatic heterocycles. The van der Waals surface area contributed by atoms with Crippen molar-refractivity contribution in [1.29, 1.82) is 0 Å². The van der Waals surface area contributed by atoms with E-state index in [9.17, 15) is 14.0 Å². The van der Waals surface area contributed by atoms with Crippen LogP contribution in [0.2, 0.25) is 5.02 Å². The van der Waals surface area contributed by atoms with Gasteiger partial charge >= 0.3 is 12.0 Å². The fourth-order valence-electron chi connectivity index (χ4n) is 2.91. The molecule has 122 valence electrons. The summed E-state index contributed by atoms with van der Waals surface area (Å²) in [7, 11) is 1.25. The highest BCUT2D eigenvalue weighted by Gasteiger charge is 2.43. The van der Waals surface area contributed by atoms with E-state index in [4.69, 9.17) is 16.3 Å². The molecule has 0 bridgehead atoms. The predicted molar refractivity (Wildman–Crippen MR) is 82.3 cm³/mol. The Morgan fingerprint density at radius 2 is 2.13 bits per heavy atom. The van der Waals surface area contributed by atoms with E-state index in [0.29, 0.717) is 5.70 Å². The van der Waals surface area contributed by atoms with Gasteiger partial charge in [0.05, 0.1) is 18.7 Å². The lowest BCUT2D eigenvalue weighted by molar-refractivity contribution is -0.136. The molecule has 3 rings (SSSR count). The van der Waals surface area contributed by atoms with Gasteiger partial charge in [0.25, 0.3) is 0 Å². The first-order valence-electron chi connectivity index (χ1n) is 7.28. The molecule has 2 aliphatic rings. The third-order valence-electron chi connectivity index (χ3n) is 4.13. The molecular formula is C16H16ClFN2O3. The van der Waals surface area contributed by atoms with Crippen molar-refractivity contribution in [3.05, 3.63) is 45.9 Å². The molecule has 5 nitrogen and oxygen atoms in total. The summed E-state index contributed by atoms with van der Waals surface area (Å²) >= 11 is 6.10. The van der Waals surface area contributed by atoms with Crippen LogP contribution in [0, 0.1) is 5.82 Å². The maximum absolute atomic E-state index is 14.3. The van der Waals surface area contributed by atoms with E-state index in [1.807, 2.05) is 0 Å². The van der Waals surface area contributed by atoms with Crippen LogP contribution in [0.4, 0.5) is 9.18 Å². The largest absolute Gasteiger partial charge is 0.466 e. The quantitative estimate of drug-likeness (QED) is 0.861. The van der Waals surface area contributed by atoms with E-state index >= 15 is 0 Å². The standard InChI is InChI=1S/C16H16ClFN2O3/c1-8-12(15(21)23-2)14(13-10(17)4-3-5-11(13)18)19-16(22)20(8)9-6-7-9/h3-5,9,14H,6-7H2,1-2H3,(H,19,22). The third kappa shape index (κ3) is 2.67. The Balaban J connectivity index is 2.15. The normalized spacial score (nSPS) is 21.3. The number of nitrogens with zero attached hydrogens (tertiary/aromatic N) is 1. The number of ether oxygens (including phenoxy) is 1. The summed E-state index contributed by atoms with van der Waals surface area (Å²) in [6, 6.07) is 2.97. The maximum Gasteiger partial charge on any atom is 0.337 e. The van der Waals surface area contributed by atoms with Gasteiger partial charge in [0.1, 0.15) is 5.82 Å². The summed E-state index contributed by atoms with van der Waals surface area (Å²) in [6.45, 7) is 1.67. The summed E-state index contributed by atoms with van der Waals surface area (Å²) in [6.07, 6.45) is 1.76. The molecule has 1 aromatic carbocycles. The van der Waals surface area contributed by atoms with Crippen LogP contribution in [0.15, 0.2) is 29.5 Å². The van der Waals surface area contributed by atoms with Gasteiger partial charge in [0, 0.05) is 22.3 Å². The highest BCUT2D eigenvalue weighted by Crippen LogP contribution is 2.40. The number of nitrogens with one attached hydrogen (secondary N) is 1. The number of hydrogen-bond donors (Lipinski definition) is 1. The first-order valence-corrected chi connectivity index (χ1v) is 7.66. The average molecular weight is 339 g/mol. The number of hydrogen-bond acceptors (Lipinski definition) is 3. The van der Waals surface area contributed by atoms with Crippen LogP contribution in [0.5, 0.6) is 0 Å². The molecule has 0 radical (unpaired) electrons. The van der Waals surface area contributed by atoms with E-state index in [-0.39, 0.29) is 28.2 Å². The molecule has 2 amide bonds. The fourth-order valence-corrected chi connectivity index (χ4v) is 3.18. The van der Waals surface area contributed by atoms with Gasteiger partial charge in [-0.05, 0) is 31.9 Å². The molecular weight excluding hydrogens is 323 g/mol.